The number of fused-ring (bicyclic) bond motifs is 1. The van der Waals surface area contributed by atoms with E-state index in [1.165, 1.54) is 15.6 Å². The van der Waals surface area contributed by atoms with Crippen molar-refractivity contribution in [1.29, 1.82) is 0 Å². The molecule has 4 heteroatoms. The van der Waals surface area contributed by atoms with E-state index in [0.717, 1.165) is 21.7 Å². The molecule has 96 valence electrons. The Morgan fingerprint density at radius 2 is 1.84 bits per heavy atom. The van der Waals surface area contributed by atoms with E-state index in [9.17, 15) is 0 Å². The first-order chi connectivity index (χ1) is 9.20. The number of hydrogen-bond acceptors (Lipinski definition) is 2. The summed E-state index contributed by atoms with van der Waals surface area (Å²) < 4.78 is 1.11. The minimum absolute atomic E-state index is 0.805. The molecular formula is C15H11BrClNS. The number of hydrogen-bond donors (Lipinski definition) is 1. The number of rotatable bonds is 3. The lowest BCUT2D eigenvalue weighted by Crippen LogP contribution is -1.96. The molecule has 1 nitrogen and oxygen atoms in total. The summed E-state index contributed by atoms with van der Waals surface area (Å²) in [5.41, 5.74) is 1.12. The summed E-state index contributed by atoms with van der Waals surface area (Å²) in [6.45, 7) is 0.805. The number of anilines is 1. The summed E-state index contributed by atoms with van der Waals surface area (Å²) in [5, 5.41) is 8.66. The fourth-order valence-corrected chi connectivity index (χ4v) is 3.35. The van der Waals surface area contributed by atoms with E-state index >= 15 is 0 Å². The number of thiophene rings is 1. The summed E-state index contributed by atoms with van der Waals surface area (Å²) >= 11 is 11.1. The van der Waals surface area contributed by atoms with Gasteiger partial charge in [-0.1, -0.05) is 39.7 Å². The summed E-state index contributed by atoms with van der Waals surface area (Å²) in [6, 6.07) is 14.7. The van der Waals surface area contributed by atoms with Crippen molar-refractivity contribution in [2.75, 3.05) is 5.32 Å². The molecule has 0 aliphatic carbocycles. The van der Waals surface area contributed by atoms with Gasteiger partial charge in [-0.3, -0.25) is 0 Å². The standard InChI is InChI=1S/C15H11BrClNS/c16-12-3-1-11-6-14(4-2-10(11)5-12)18-8-15-7-13(17)9-19-15/h1-7,9,18H,8H2. The summed E-state index contributed by atoms with van der Waals surface area (Å²) in [6.07, 6.45) is 0. The van der Waals surface area contributed by atoms with Crippen LogP contribution in [0.4, 0.5) is 5.69 Å². The summed E-state index contributed by atoms with van der Waals surface area (Å²) in [7, 11) is 0. The molecule has 1 N–H and O–H groups in total. The van der Waals surface area contributed by atoms with Gasteiger partial charge in [0, 0.05) is 27.0 Å². The van der Waals surface area contributed by atoms with Gasteiger partial charge >= 0.3 is 0 Å². The summed E-state index contributed by atoms with van der Waals surface area (Å²) in [5.74, 6) is 0. The molecule has 0 atom stereocenters. The Kier molecular flexibility index (Phi) is 3.78. The zero-order valence-corrected chi connectivity index (χ0v) is 13.1. The maximum atomic E-state index is 5.91. The second-order valence-corrected chi connectivity index (χ2v) is 6.64. The van der Waals surface area contributed by atoms with Gasteiger partial charge in [-0.15, -0.1) is 11.3 Å². The predicted octanol–water partition coefficient (Wildman–Crippen LogP) is 5.93. The Hall–Kier alpha value is -1.03. The van der Waals surface area contributed by atoms with Gasteiger partial charge in [-0.05, 0) is 41.1 Å². The molecule has 3 aromatic rings. The van der Waals surface area contributed by atoms with Gasteiger partial charge in [0.1, 0.15) is 0 Å². The third-order valence-electron chi connectivity index (χ3n) is 2.89. The SMILES string of the molecule is Clc1csc(CNc2ccc3cc(Br)ccc3c2)c1. The van der Waals surface area contributed by atoms with E-state index < -0.39 is 0 Å². The van der Waals surface area contributed by atoms with E-state index in [2.05, 4.69) is 57.6 Å². The Balaban J connectivity index is 1.79. The molecule has 0 saturated heterocycles. The molecule has 0 amide bonds. The zero-order chi connectivity index (χ0) is 13.2. The van der Waals surface area contributed by atoms with Crippen LogP contribution in [0.1, 0.15) is 4.88 Å². The van der Waals surface area contributed by atoms with Crippen molar-refractivity contribution in [1.82, 2.24) is 0 Å². The highest BCUT2D eigenvalue weighted by Gasteiger charge is 2.00. The number of benzene rings is 2. The van der Waals surface area contributed by atoms with Crippen molar-refractivity contribution < 1.29 is 0 Å². The highest BCUT2D eigenvalue weighted by molar-refractivity contribution is 9.10. The van der Waals surface area contributed by atoms with Crippen molar-refractivity contribution in [2.45, 2.75) is 6.54 Å². The van der Waals surface area contributed by atoms with E-state index in [0.29, 0.717) is 0 Å². The highest BCUT2D eigenvalue weighted by Crippen LogP contribution is 2.24. The molecule has 19 heavy (non-hydrogen) atoms. The van der Waals surface area contributed by atoms with Crippen molar-refractivity contribution in [3.8, 4) is 0 Å². The van der Waals surface area contributed by atoms with Gasteiger partial charge in [0.25, 0.3) is 0 Å². The second kappa shape index (κ2) is 5.53. The Bertz CT molecular complexity index is 723. The maximum Gasteiger partial charge on any atom is 0.0516 e. The van der Waals surface area contributed by atoms with E-state index in [4.69, 9.17) is 11.6 Å². The first-order valence-corrected chi connectivity index (χ1v) is 7.92. The molecule has 0 unspecified atom stereocenters. The van der Waals surface area contributed by atoms with Crippen LogP contribution in [0, 0.1) is 0 Å². The quantitative estimate of drug-likeness (QED) is 0.616. The topological polar surface area (TPSA) is 12.0 Å². The molecule has 2 aromatic carbocycles. The van der Waals surface area contributed by atoms with Crippen LogP contribution >= 0.6 is 38.9 Å². The molecular weight excluding hydrogens is 342 g/mol. The first-order valence-electron chi connectivity index (χ1n) is 5.87. The maximum absolute atomic E-state index is 5.91. The van der Waals surface area contributed by atoms with Crippen LogP contribution in [0.5, 0.6) is 0 Å². The van der Waals surface area contributed by atoms with Crippen molar-refractivity contribution in [3.05, 3.63) is 62.2 Å². The van der Waals surface area contributed by atoms with Gasteiger partial charge in [-0.25, -0.2) is 0 Å². The van der Waals surface area contributed by atoms with Crippen molar-refractivity contribution >= 4 is 55.3 Å². The lowest BCUT2D eigenvalue weighted by molar-refractivity contribution is 1.20. The van der Waals surface area contributed by atoms with Gasteiger partial charge < -0.3 is 5.32 Å². The molecule has 1 heterocycles. The first kappa shape index (κ1) is 13.0. The minimum atomic E-state index is 0.805. The van der Waals surface area contributed by atoms with Crippen LogP contribution < -0.4 is 5.32 Å². The molecule has 0 spiro atoms. The van der Waals surface area contributed by atoms with Crippen molar-refractivity contribution in [3.63, 3.8) is 0 Å². The molecule has 1 aromatic heterocycles. The third kappa shape index (κ3) is 3.11. The van der Waals surface area contributed by atoms with Crippen LogP contribution in [0.25, 0.3) is 10.8 Å². The second-order valence-electron chi connectivity index (χ2n) is 4.29. The van der Waals surface area contributed by atoms with Gasteiger partial charge in [-0.2, -0.15) is 0 Å². The van der Waals surface area contributed by atoms with Gasteiger partial charge in [0.15, 0.2) is 0 Å². The monoisotopic (exact) mass is 351 g/mol. The van der Waals surface area contributed by atoms with E-state index in [1.807, 2.05) is 11.4 Å². The molecule has 0 aliphatic rings. The Morgan fingerprint density at radius 1 is 1.05 bits per heavy atom. The Morgan fingerprint density at radius 3 is 2.63 bits per heavy atom. The average Bonchev–Trinajstić information content (AvgIpc) is 2.82. The van der Waals surface area contributed by atoms with Crippen LogP contribution in [0.2, 0.25) is 5.02 Å². The molecule has 3 rings (SSSR count). The van der Waals surface area contributed by atoms with Crippen LogP contribution in [-0.2, 0) is 6.54 Å². The smallest absolute Gasteiger partial charge is 0.0516 e. The lowest BCUT2D eigenvalue weighted by atomic mass is 10.1. The molecule has 0 fully saturated rings. The molecule has 0 aliphatic heterocycles. The normalized spacial score (nSPS) is 10.8. The third-order valence-corrected chi connectivity index (χ3v) is 4.67. The summed E-state index contributed by atoms with van der Waals surface area (Å²) in [4.78, 5) is 1.24. The van der Waals surface area contributed by atoms with Gasteiger partial charge in [0.2, 0.25) is 0 Å². The predicted molar refractivity (Wildman–Crippen MR) is 88.3 cm³/mol. The minimum Gasteiger partial charge on any atom is -0.380 e. The largest absolute Gasteiger partial charge is 0.380 e. The van der Waals surface area contributed by atoms with Crippen molar-refractivity contribution in [2.24, 2.45) is 0 Å². The van der Waals surface area contributed by atoms with E-state index in [1.54, 1.807) is 11.3 Å². The Labute approximate surface area is 129 Å². The highest BCUT2D eigenvalue weighted by atomic mass is 79.9. The molecule has 0 radical (unpaired) electrons. The number of nitrogens with one attached hydrogen (secondary N) is 1. The van der Waals surface area contributed by atoms with E-state index in [-0.39, 0.29) is 0 Å². The lowest BCUT2D eigenvalue weighted by Gasteiger charge is -2.06. The number of halogens is 2. The van der Waals surface area contributed by atoms with Crippen LogP contribution in [0.15, 0.2) is 52.3 Å². The van der Waals surface area contributed by atoms with Gasteiger partial charge in [0.05, 0.1) is 5.02 Å². The fraction of sp³-hybridized carbons (Fsp3) is 0.0667. The zero-order valence-electron chi connectivity index (χ0n) is 9.99. The molecule has 0 saturated carbocycles. The molecule has 0 bridgehead atoms. The van der Waals surface area contributed by atoms with Crippen LogP contribution in [0.3, 0.4) is 0 Å². The average molecular weight is 353 g/mol. The van der Waals surface area contributed by atoms with Crippen LogP contribution in [-0.4, -0.2) is 0 Å². The fourth-order valence-electron chi connectivity index (χ4n) is 1.96.